The van der Waals surface area contributed by atoms with Crippen LogP contribution in [0.15, 0.2) is 30.3 Å². The van der Waals surface area contributed by atoms with Crippen molar-refractivity contribution in [1.29, 1.82) is 5.26 Å². The summed E-state index contributed by atoms with van der Waals surface area (Å²) in [6.07, 6.45) is -5.42. The highest BCUT2D eigenvalue weighted by Gasteiger charge is 2.32. The summed E-state index contributed by atoms with van der Waals surface area (Å²) in [5, 5.41) is 13.8. The van der Waals surface area contributed by atoms with Crippen molar-refractivity contribution < 1.29 is 31.5 Å². The Morgan fingerprint density at radius 2 is 1.93 bits per heavy atom. The van der Waals surface area contributed by atoms with Gasteiger partial charge in [-0.1, -0.05) is 17.7 Å². The number of nitrogens with two attached hydrogens (primary N) is 1. The van der Waals surface area contributed by atoms with E-state index in [1.165, 1.54) is 12.1 Å². The zero-order valence-corrected chi connectivity index (χ0v) is 22.3. The van der Waals surface area contributed by atoms with Crippen LogP contribution in [0.4, 0.5) is 33.3 Å². The van der Waals surface area contributed by atoms with Crippen LogP contribution in [0.2, 0.25) is 5.02 Å². The average Bonchev–Trinajstić information content (AvgIpc) is 2.89. The summed E-state index contributed by atoms with van der Waals surface area (Å²) in [4.78, 5) is 28.4. The first-order valence-corrected chi connectivity index (χ1v) is 12.7. The van der Waals surface area contributed by atoms with Crippen LogP contribution in [0.5, 0.6) is 0 Å². The molecule has 0 aromatic heterocycles. The van der Waals surface area contributed by atoms with Crippen molar-refractivity contribution >= 4 is 34.8 Å². The predicted octanol–water partition coefficient (Wildman–Crippen LogP) is 4.19. The number of hydrogen-bond acceptors (Lipinski definition) is 6. The summed E-state index contributed by atoms with van der Waals surface area (Å²) in [6.45, 7) is 2.31. The molecule has 2 amide bonds. The Kier molecular flexibility index (Phi) is 10.3. The van der Waals surface area contributed by atoms with Gasteiger partial charge >= 0.3 is 6.18 Å². The maximum atomic E-state index is 14.9. The van der Waals surface area contributed by atoms with Crippen LogP contribution in [0.3, 0.4) is 0 Å². The molecule has 1 heterocycles. The van der Waals surface area contributed by atoms with Gasteiger partial charge in [-0.2, -0.15) is 18.4 Å². The van der Waals surface area contributed by atoms with Crippen LogP contribution >= 0.6 is 11.6 Å². The number of nitriles is 1. The molecule has 3 rings (SSSR count). The van der Waals surface area contributed by atoms with Gasteiger partial charge in [0.2, 0.25) is 5.91 Å². The molecule has 0 unspecified atom stereocenters. The van der Waals surface area contributed by atoms with E-state index in [0.717, 1.165) is 12.1 Å². The van der Waals surface area contributed by atoms with Gasteiger partial charge in [0, 0.05) is 49.4 Å². The molecule has 1 aliphatic rings. The number of nitrogens with one attached hydrogen (secondary N) is 2. The molecule has 0 radical (unpaired) electrons. The van der Waals surface area contributed by atoms with Crippen LogP contribution in [0.25, 0.3) is 0 Å². The first kappa shape index (κ1) is 31.1. The van der Waals surface area contributed by atoms with Crippen molar-refractivity contribution in [2.45, 2.75) is 44.6 Å². The number of amides is 2. The third-order valence-electron chi connectivity index (χ3n) is 6.50. The Balaban J connectivity index is 1.72. The van der Waals surface area contributed by atoms with E-state index in [-0.39, 0.29) is 30.3 Å². The first-order chi connectivity index (χ1) is 18.8. The highest BCUT2D eigenvalue weighted by molar-refractivity contribution is 6.31. The first-order valence-electron chi connectivity index (χ1n) is 12.3. The lowest BCUT2D eigenvalue weighted by Crippen LogP contribution is -2.52. The zero-order valence-electron chi connectivity index (χ0n) is 21.5. The topological polar surface area (TPSA) is 114 Å². The number of rotatable bonds is 9. The summed E-state index contributed by atoms with van der Waals surface area (Å²) in [7, 11) is 0. The number of benzene rings is 2. The Labute approximate surface area is 232 Å². The zero-order chi connectivity index (χ0) is 29.6. The van der Waals surface area contributed by atoms with Gasteiger partial charge in [-0.25, -0.2) is 8.78 Å². The van der Waals surface area contributed by atoms with Crippen LogP contribution in [0.1, 0.15) is 35.7 Å². The van der Waals surface area contributed by atoms with Crippen molar-refractivity contribution in [2.24, 2.45) is 5.73 Å². The molecule has 0 spiro atoms. The highest BCUT2D eigenvalue weighted by Crippen LogP contribution is 2.32. The normalized spacial score (nSPS) is 16.8. The number of hydrogen-bond donors (Lipinski definition) is 3. The van der Waals surface area contributed by atoms with Crippen LogP contribution < -0.4 is 21.3 Å². The SMILES string of the molecule is C[C@@H]1CN(c2cc(Cl)ccc2NC(=O)c2ccc(CNC(=O)[C@H](N)CC#N)c(F)c2F)CCN1CCC(F)(F)F. The van der Waals surface area contributed by atoms with Crippen LogP contribution in [-0.2, 0) is 11.3 Å². The van der Waals surface area contributed by atoms with Gasteiger partial charge in [-0.3, -0.25) is 14.5 Å². The molecule has 4 N–H and O–H groups in total. The molecule has 2 atom stereocenters. The fourth-order valence-electron chi connectivity index (χ4n) is 4.28. The predicted molar refractivity (Wildman–Crippen MR) is 140 cm³/mol. The lowest BCUT2D eigenvalue weighted by atomic mass is 10.1. The van der Waals surface area contributed by atoms with Gasteiger partial charge in [0.05, 0.1) is 41.9 Å². The lowest BCUT2D eigenvalue weighted by molar-refractivity contribution is -0.139. The number of halogens is 6. The van der Waals surface area contributed by atoms with Crippen molar-refractivity contribution in [3.8, 4) is 6.07 Å². The maximum Gasteiger partial charge on any atom is 0.390 e. The van der Waals surface area contributed by atoms with Crippen molar-refractivity contribution in [3.05, 3.63) is 58.1 Å². The van der Waals surface area contributed by atoms with Crippen LogP contribution in [-0.4, -0.2) is 61.2 Å². The molecule has 2 aromatic carbocycles. The molecular formula is C26H28ClF5N6O2. The molecule has 0 saturated carbocycles. The minimum absolute atomic E-state index is 0.130. The summed E-state index contributed by atoms with van der Waals surface area (Å²) >= 11 is 6.17. The molecule has 0 aliphatic carbocycles. The van der Waals surface area contributed by atoms with E-state index in [1.54, 1.807) is 24.0 Å². The molecule has 8 nitrogen and oxygen atoms in total. The Morgan fingerprint density at radius 3 is 2.58 bits per heavy atom. The Bertz CT molecular complexity index is 1290. The minimum atomic E-state index is -4.26. The Morgan fingerprint density at radius 1 is 1.20 bits per heavy atom. The molecular weight excluding hydrogens is 559 g/mol. The fraction of sp³-hybridized carbons (Fsp3) is 0.423. The molecule has 1 saturated heterocycles. The minimum Gasteiger partial charge on any atom is -0.367 e. The molecule has 216 valence electrons. The molecule has 0 bridgehead atoms. The van der Waals surface area contributed by atoms with Gasteiger partial charge in [-0.15, -0.1) is 0 Å². The number of nitrogens with zero attached hydrogens (tertiary/aromatic N) is 3. The second-order valence-electron chi connectivity index (χ2n) is 9.40. The fourth-order valence-corrected chi connectivity index (χ4v) is 4.45. The van der Waals surface area contributed by atoms with Gasteiger partial charge in [-0.05, 0) is 31.2 Å². The van der Waals surface area contributed by atoms with E-state index in [2.05, 4.69) is 10.6 Å². The van der Waals surface area contributed by atoms with E-state index in [1.807, 2.05) is 4.90 Å². The van der Waals surface area contributed by atoms with E-state index in [4.69, 9.17) is 22.6 Å². The smallest absolute Gasteiger partial charge is 0.367 e. The third-order valence-corrected chi connectivity index (χ3v) is 6.74. The van der Waals surface area contributed by atoms with Crippen molar-refractivity contribution in [1.82, 2.24) is 10.2 Å². The third kappa shape index (κ3) is 8.03. The maximum absolute atomic E-state index is 14.9. The molecule has 1 aliphatic heterocycles. The van der Waals surface area contributed by atoms with E-state index in [9.17, 15) is 31.5 Å². The van der Waals surface area contributed by atoms with Crippen LogP contribution in [0, 0.1) is 23.0 Å². The average molecular weight is 587 g/mol. The number of anilines is 2. The number of alkyl halides is 3. The highest BCUT2D eigenvalue weighted by atomic mass is 35.5. The standard InChI is InChI=1S/C26H28ClF5N6O2/c1-15-14-38(11-10-37(15)9-7-26(30,31)32)21-12-17(27)3-5-20(21)36-24(39)18-4-2-16(22(28)23(18)29)13-35-25(40)19(34)6-8-33/h2-5,12,15,19H,6-7,9-11,13-14,34H2,1H3,(H,35,40)(H,36,39)/t15-,19-/m1/s1. The van der Waals surface area contributed by atoms with Gasteiger partial charge in [0.1, 0.15) is 0 Å². The van der Waals surface area contributed by atoms with Gasteiger partial charge in [0.15, 0.2) is 11.6 Å². The molecule has 1 fully saturated rings. The quantitative estimate of drug-likeness (QED) is 0.380. The summed E-state index contributed by atoms with van der Waals surface area (Å²) < 4.78 is 67.6. The summed E-state index contributed by atoms with van der Waals surface area (Å²) in [5.74, 6) is -4.41. The van der Waals surface area contributed by atoms with Crippen molar-refractivity contribution in [2.75, 3.05) is 36.4 Å². The van der Waals surface area contributed by atoms with Crippen molar-refractivity contribution in [3.63, 3.8) is 0 Å². The number of carbonyl (C=O) groups is 2. The van der Waals surface area contributed by atoms with Gasteiger partial charge < -0.3 is 21.3 Å². The van der Waals surface area contributed by atoms with E-state index in [0.29, 0.717) is 30.3 Å². The molecule has 14 heteroatoms. The second kappa shape index (κ2) is 13.3. The molecule has 40 heavy (non-hydrogen) atoms. The molecule has 2 aromatic rings. The van der Waals surface area contributed by atoms with E-state index < -0.39 is 54.2 Å². The number of carbonyl (C=O) groups excluding carboxylic acids is 2. The number of piperazine rings is 1. The lowest BCUT2D eigenvalue weighted by Gasteiger charge is -2.41. The monoisotopic (exact) mass is 586 g/mol. The largest absolute Gasteiger partial charge is 0.390 e. The van der Waals surface area contributed by atoms with E-state index >= 15 is 0 Å². The van der Waals surface area contributed by atoms with Gasteiger partial charge in [0.25, 0.3) is 5.91 Å². The second-order valence-corrected chi connectivity index (χ2v) is 9.83. The summed E-state index contributed by atoms with van der Waals surface area (Å²) in [6, 6.07) is 7.18. The Hall–Kier alpha value is -3.47. The summed E-state index contributed by atoms with van der Waals surface area (Å²) in [5.41, 5.74) is 5.44.